The topological polar surface area (TPSA) is 21.3 Å². The van der Waals surface area contributed by atoms with Gasteiger partial charge in [0.15, 0.2) is 0 Å². The van der Waals surface area contributed by atoms with Gasteiger partial charge in [-0.2, -0.15) is 13.2 Å². The number of ether oxygens (including phenoxy) is 1. The number of hydrogen-bond donors (Lipinski definition) is 1. The lowest BCUT2D eigenvalue weighted by atomic mass is 9.75. The number of allylic oxidation sites excluding steroid dienone is 2. The van der Waals surface area contributed by atoms with Crippen LogP contribution in [0.4, 0.5) is 18.9 Å². The summed E-state index contributed by atoms with van der Waals surface area (Å²) >= 11 is 6.29. The molecule has 136 valence electrons. The first kappa shape index (κ1) is 17.3. The maximum absolute atomic E-state index is 13.6. The van der Waals surface area contributed by atoms with Crippen molar-refractivity contribution in [2.24, 2.45) is 5.92 Å². The average molecular weight is 380 g/mol. The third-order valence-corrected chi connectivity index (χ3v) is 5.54. The molecule has 26 heavy (non-hydrogen) atoms. The molecule has 0 spiro atoms. The second kappa shape index (κ2) is 6.23. The molecule has 1 N–H and O–H groups in total. The smallest absolute Gasteiger partial charge is 0.416 e. The van der Waals surface area contributed by atoms with Gasteiger partial charge in [0.2, 0.25) is 0 Å². The van der Waals surface area contributed by atoms with E-state index in [4.69, 9.17) is 16.3 Å². The molecule has 2 nitrogen and oxygen atoms in total. The summed E-state index contributed by atoms with van der Waals surface area (Å²) in [6, 6.07) is 9.87. The van der Waals surface area contributed by atoms with Crippen LogP contribution in [-0.4, -0.2) is 7.11 Å². The summed E-state index contributed by atoms with van der Waals surface area (Å²) in [5.74, 6) is 0.389. The van der Waals surface area contributed by atoms with Crippen molar-refractivity contribution in [2.45, 2.75) is 24.6 Å². The molecule has 0 radical (unpaired) electrons. The Morgan fingerprint density at radius 1 is 1.19 bits per heavy atom. The highest BCUT2D eigenvalue weighted by Gasteiger charge is 2.44. The number of fused-ring (bicyclic) bond motifs is 3. The minimum atomic E-state index is -4.42. The molecule has 0 amide bonds. The zero-order chi connectivity index (χ0) is 18.5. The van der Waals surface area contributed by atoms with Gasteiger partial charge in [-0.3, -0.25) is 0 Å². The molecular formula is C20H17ClF3NO. The van der Waals surface area contributed by atoms with Crippen LogP contribution in [0.3, 0.4) is 0 Å². The van der Waals surface area contributed by atoms with Crippen LogP contribution in [0, 0.1) is 5.92 Å². The molecule has 2 aromatic carbocycles. The highest BCUT2D eigenvalue weighted by atomic mass is 35.5. The van der Waals surface area contributed by atoms with Crippen molar-refractivity contribution in [3.63, 3.8) is 0 Å². The minimum absolute atomic E-state index is 0.00540. The maximum Gasteiger partial charge on any atom is 0.416 e. The molecule has 6 heteroatoms. The second-order valence-electron chi connectivity index (χ2n) is 6.63. The van der Waals surface area contributed by atoms with E-state index < -0.39 is 11.7 Å². The van der Waals surface area contributed by atoms with Crippen LogP contribution >= 0.6 is 11.6 Å². The van der Waals surface area contributed by atoms with E-state index in [1.807, 2.05) is 36.4 Å². The van der Waals surface area contributed by atoms with Crippen molar-refractivity contribution < 1.29 is 17.9 Å². The van der Waals surface area contributed by atoms with Gasteiger partial charge in [-0.15, -0.1) is 0 Å². The molecule has 0 saturated heterocycles. The van der Waals surface area contributed by atoms with Crippen LogP contribution in [-0.2, 0) is 6.18 Å². The summed E-state index contributed by atoms with van der Waals surface area (Å²) in [7, 11) is 1.59. The third-order valence-electron chi connectivity index (χ3n) is 5.23. The van der Waals surface area contributed by atoms with Crippen LogP contribution < -0.4 is 10.1 Å². The van der Waals surface area contributed by atoms with Gasteiger partial charge >= 0.3 is 6.18 Å². The number of alkyl halides is 3. The fourth-order valence-corrected chi connectivity index (χ4v) is 4.31. The van der Waals surface area contributed by atoms with Gasteiger partial charge in [-0.1, -0.05) is 35.9 Å². The molecule has 2 aliphatic rings. The average Bonchev–Trinajstić information content (AvgIpc) is 3.10. The van der Waals surface area contributed by atoms with Crippen LogP contribution in [0.2, 0.25) is 5.02 Å². The summed E-state index contributed by atoms with van der Waals surface area (Å²) in [4.78, 5) is 0. The van der Waals surface area contributed by atoms with Crippen molar-refractivity contribution in [2.75, 3.05) is 12.4 Å². The second-order valence-corrected chi connectivity index (χ2v) is 7.04. The lowest BCUT2D eigenvalue weighted by molar-refractivity contribution is -0.138. The van der Waals surface area contributed by atoms with E-state index >= 15 is 0 Å². The number of benzene rings is 2. The van der Waals surface area contributed by atoms with Crippen LogP contribution in [0.25, 0.3) is 0 Å². The normalized spacial score (nSPS) is 24.0. The molecule has 4 rings (SSSR count). The Labute approximate surface area is 154 Å². The van der Waals surface area contributed by atoms with E-state index in [1.54, 1.807) is 7.11 Å². The molecule has 2 aromatic rings. The summed E-state index contributed by atoms with van der Waals surface area (Å²) in [6.07, 6.45) is 0.131. The highest BCUT2D eigenvalue weighted by molar-refractivity contribution is 6.33. The predicted octanol–water partition coefficient (Wildman–Crippen LogP) is 6.19. The first-order chi connectivity index (χ1) is 12.4. The van der Waals surface area contributed by atoms with E-state index in [1.165, 1.54) is 6.07 Å². The van der Waals surface area contributed by atoms with Crippen molar-refractivity contribution in [3.05, 3.63) is 70.3 Å². The predicted molar refractivity (Wildman–Crippen MR) is 95.8 cm³/mol. The van der Waals surface area contributed by atoms with Gasteiger partial charge < -0.3 is 10.1 Å². The minimum Gasteiger partial charge on any atom is -0.497 e. The largest absolute Gasteiger partial charge is 0.497 e. The fourth-order valence-electron chi connectivity index (χ4n) is 4.09. The summed E-state index contributed by atoms with van der Waals surface area (Å²) in [5.41, 5.74) is 0.988. The number of rotatable bonds is 2. The van der Waals surface area contributed by atoms with Gasteiger partial charge in [0, 0.05) is 5.92 Å². The molecular weight excluding hydrogens is 363 g/mol. The van der Waals surface area contributed by atoms with Gasteiger partial charge in [-0.05, 0) is 47.7 Å². The van der Waals surface area contributed by atoms with Crippen molar-refractivity contribution in [1.82, 2.24) is 0 Å². The number of methoxy groups -OCH3 is 1. The molecule has 3 atom stereocenters. The zero-order valence-electron chi connectivity index (χ0n) is 14.0. The summed E-state index contributed by atoms with van der Waals surface area (Å²) < 4.78 is 46.0. The molecule has 0 fully saturated rings. The Hall–Kier alpha value is -2.14. The zero-order valence-corrected chi connectivity index (χ0v) is 14.7. The number of halogens is 4. The molecule has 1 aliphatic carbocycles. The first-order valence-electron chi connectivity index (χ1n) is 8.37. The highest BCUT2D eigenvalue weighted by Crippen LogP contribution is 2.54. The third kappa shape index (κ3) is 2.75. The lowest BCUT2D eigenvalue weighted by Crippen LogP contribution is -2.31. The van der Waals surface area contributed by atoms with Crippen LogP contribution in [0.15, 0.2) is 48.6 Å². The van der Waals surface area contributed by atoms with E-state index in [0.717, 1.165) is 11.6 Å². The Morgan fingerprint density at radius 3 is 2.73 bits per heavy atom. The SMILES string of the molecule is COc1cccc([C@@H]2Nc3c(Cl)ccc(C(F)(F)F)c3[C@@H]3C=CC[C@@H]32)c1. The molecule has 1 heterocycles. The van der Waals surface area contributed by atoms with Gasteiger partial charge in [0.25, 0.3) is 0 Å². The Kier molecular flexibility index (Phi) is 4.14. The number of nitrogens with one attached hydrogen (secondary N) is 1. The Bertz CT molecular complexity index is 878. The van der Waals surface area contributed by atoms with Crippen molar-refractivity contribution in [1.29, 1.82) is 0 Å². The van der Waals surface area contributed by atoms with E-state index in [0.29, 0.717) is 22.9 Å². The molecule has 0 aromatic heterocycles. The number of anilines is 1. The van der Waals surface area contributed by atoms with Gasteiger partial charge in [0.05, 0.1) is 29.4 Å². The van der Waals surface area contributed by atoms with Crippen LogP contribution in [0.1, 0.15) is 35.1 Å². The molecule has 1 aliphatic heterocycles. The monoisotopic (exact) mass is 379 g/mol. The fraction of sp³-hybridized carbons (Fsp3) is 0.300. The summed E-state index contributed by atoms with van der Waals surface area (Å²) in [6.45, 7) is 0. The standard InChI is InChI=1S/C20H17ClF3NO/c1-26-12-5-2-4-11(10-12)18-14-7-3-6-13(14)17-15(20(22,23)24)8-9-16(21)19(17)25-18/h2-6,8-10,13-14,18,25H,7H2,1H3/t13-,14+,18+/m1/s1. The maximum atomic E-state index is 13.6. The van der Waals surface area contributed by atoms with Gasteiger partial charge in [-0.25, -0.2) is 0 Å². The molecule has 0 saturated carbocycles. The van der Waals surface area contributed by atoms with Crippen LogP contribution in [0.5, 0.6) is 5.75 Å². The summed E-state index contributed by atoms with van der Waals surface area (Å²) in [5, 5.41) is 3.59. The molecule has 0 unspecified atom stereocenters. The van der Waals surface area contributed by atoms with Crippen molar-refractivity contribution >= 4 is 17.3 Å². The van der Waals surface area contributed by atoms with E-state index in [2.05, 4.69) is 5.32 Å². The molecule has 0 bridgehead atoms. The van der Waals surface area contributed by atoms with E-state index in [9.17, 15) is 13.2 Å². The quantitative estimate of drug-likeness (QED) is 0.628. The van der Waals surface area contributed by atoms with Crippen molar-refractivity contribution in [3.8, 4) is 5.75 Å². The Balaban J connectivity index is 1.86. The Morgan fingerprint density at radius 2 is 2.00 bits per heavy atom. The lowest BCUT2D eigenvalue weighted by Gasteiger charge is -2.39. The van der Waals surface area contributed by atoms with Gasteiger partial charge in [0.1, 0.15) is 5.75 Å². The first-order valence-corrected chi connectivity index (χ1v) is 8.74. The van der Waals surface area contributed by atoms with E-state index in [-0.39, 0.29) is 23.4 Å². The number of hydrogen-bond acceptors (Lipinski definition) is 2.